The van der Waals surface area contributed by atoms with Crippen LogP contribution in [0, 0.1) is 0 Å². The van der Waals surface area contributed by atoms with Crippen molar-refractivity contribution in [2.75, 3.05) is 6.61 Å². The van der Waals surface area contributed by atoms with Crippen molar-refractivity contribution in [2.45, 2.75) is 175 Å². The molecule has 0 unspecified atom stereocenters. The van der Waals surface area contributed by atoms with Crippen LogP contribution in [-0.2, 0) is 19.1 Å². The van der Waals surface area contributed by atoms with Gasteiger partial charge in [0.05, 0.1) is 6.26 Å². The van der Waals surface area contributed by atoms with E-state index in [2.05, 4.69) is 32.1 Å². The number of allylic oxidation sites excluding steroid dienone is 4. The zero-order chi connectivity index (χ0) is 29.8. The number of ether oxygens (including phenoxy) is 2. The number of esters is 2. The normalized spacial score (nSPS) is 11.3. The van der Waals surface area contributed by atoms with Crippen molar-refractivity contribution in [1.82, 2.24) is 0 Å². The van der Waals surface area contributed by atoms with Gasteiger partial charge in [-0.05, 0) is 51.0 Å². The second-order valence-corrected chi connectivity index (χ2v) is 10.9. The Labute approximate surface area is 249 Å². The highest BCUT2D eigenvalue weighted by Crippen LogP contribution is 2.12. The molecule has 0 aromatic rings. The first kappa shape index (κ1) is 40.3. The lowest BCUT2D eigenvalue weighted by Crippen LogP contribution is -1.97. The van der Waals surface area contributed by atoms with Crippen LogP contribution in [0.15, 0.2) is 36.6 Å². The van der Waals surface area contributed by atoms with E-state index in [1.807, 2.05) is 12.2 Å². The van der Waals surface area contributed by atoms with Crippen LogP contribution in [0.4, 0.5) is 0 Å². The fourth-order valence-electron chi connectivity index (χ4n) is 4.28. The molecule has 0 amide bonds. The molecular weight excluding hydrogens is 496 g/mol. The second kappa shape index (κ2) is 37.2. The Bertz CT molecular complexity index is 606. The molecule has 0 aromatic carbocycles. The summed E-state index contributed by atoms with van der Waals surface area (Å²) < 4.78 is 9.54. The molecule has 0 saturated carbocycles. The van der Waals surface area contributed by atoms with Crippen molar-refractivity contribution in [1.29, 1.82) is 0 Å². The molecule has 0 aromatic heterocycles. The second-order valence-electron chi connectivity index (χ2n) is 10.9. The lowest BCUT2D eigenvalue weighted by molar-refractivity contribution is -0.139. The fraction of sp³-hybridized carbons (Fsp3) is 0.778. The summed E-state index contributed by atoms with van der Waals surface area (Å²) in [5.41, 5.74) is 0. The molecule has 4 nitrogen and oxygen atoms in total. The first-order valence-electron chi connectivity index (χ1n) is 16.8. The minimum absolute atomic E-state index is 0.207. The maximum atomic E-state index is 10.5. The summed E-state index contributed by atoms with van der Waals surface area (Å²) in [5, 5.41) is 0. The summed E-state index contributed by atoms with van der Waals surface area (Å²) in [5.74, 6) is -0.449. The monoisotopic (exact) mass is 562 g/mol. The summed E-state index contributed by atoms with van der Waals surface area (Å²) in [6.07, 6.45) is 42.4. The van der Waals surface area contributed by atoms with Crippen LogP contribution in [0.25, 0.3) is 0 Å². The van der Waals surface area contributed by atoms with E-state index in [1.165, 1.54) is 155 Å². The van der Waals surface area contributed by atoms with Gasteiger partial charge in [0.25, 0.3) is 0 Å². The molecule has 40 heavy (non-hydrogen) atoms. The van der Waals surface area contributed by atoms with Gasteiger partial charge < -0.3 is 9.47 Å². The fourth-order valence-corrected chi connectivity index (χ4v) is 4.28. The third-order valence-electron chi connectivity index (χ3n) is 6.74. The number of carbonyl (C=O) groups excluding carboxylic acids is 2. The molecule has 0 bridgehead atoms. The first-order chi connectivity index (χ1) is 19.5. The number of rotatable bonds is 27. The summed E-state index contributed by atoms with van der Waals surface area (Å²) in [7, 11) is 0. The molecule has 0 atom stereocenters. The van der Waals surface area contributed by atoms with Crippen molar-refractivity contribution in [3.05, 3.63) is 36.6 Å². The summed E-state index contributed by atoms with van der Waals surface area (Å²) >= 11 is 0. The highest BCUT2D eigenvalue weighted by atomic mass is 16.5. The lowest BCUT2D eigenvalue weighted by Gasteiger charge is -2.01. The van der Waals surface area contributed by atoms with E-state index < -0.39 is 0 Å². The van der Waals surface area contributed by atoms with Crippen molar-refractivity contribution >= 4 is 11.9 Å². The van der Waals surface area contributed by atoms with Gasteiger partial charge in [-0.3, -0.25) is 9.59 Å². The topological polar surface area (TPSA) is 52.6 Å². The molecule has 0 aliphatic rings. The van der Waals surface area contributed by atoms with Gasteiger partial charge in [0.2, 0.25) is 0 Å². The van der Waals surface area contributed by atoms with E-state index in [1.54, 1.807) is 0 Å². The Kier molecular flexibility index (Phi) is 37.4. The molecular formula is C36H66O4. The van der Waals surface area contributed by atoms with E-state index in [9.17, 15) is 9.59 Å². The van der Waals surface area contributed by atoms with Gasteiger partial charge in [0.1, 0.15) is 6.61 Å². The number of unbranched alkanes of at least 4 members (excludes halogenated alkanes) is 20. The average molecular weight is 563 g/mol. The van der Waals surface area contributed by atoms with Crippen molar-refractivity contribution in [3.63, 3.8) is 0 Å². The Balaban J connectivity index is 0. The van der Waals surface area contributed by atoms with Crippen LogP contribution in [0.5, 0.6) is 0 Å². The predicted molar refractivity (Wildman–Crippen MR) is 173 cm³/mol. The van der Waals surface area contributed by atoms with Crippen LogP contribution in [0.1, 0.15) is 175 Å². The molecule has 0 heterocycles. The number of hydrogen-bond acceptors (Lipinski definition) is 4. The van der Waals surface area contributed by atoms with Gasteiger partial charge in [-0.1, -0.05) is 141 Å². The molecule has 0 fully saturated rings. The third kappa shape index (κ3) is 43.2. The highest BCUT2D eigenvalue weighted by Gasteiger charge is 1.93. The summed E-state index contributed by atoms with van der Waals surface area (Å²) in [6.45, 7) is 7.78. The van der Waals surface area contributed by atoms with Crippen LogP contribution in [0.3, 0.4) is 0 Å². The van der Waals surface area contributed by atoms with Gasteiger partial charge in [-0.15, -0.1) is 0 Å². The maximum Gasteiger partial charge on any atom is 0.307 e. The first-order valence-corrected chi connectivity index (χ1v) is 16.8. The largest absolute Gasteiger partial charge is 0.462 e. The van der Waals surface area contributed by atoms with Crippen molar-refractivity contribution in [2.24, 2.45) is 0 Å². The van der Waals surface area contributed by atoms with Gasteiger partial charge in [-0.25, -0.2) is 0 Å². The standard InChI is InChI=1S/C20H36O2.C16H30O2/c1-3-4-5-6-7-8-9-10-11-12-13-14-15-16-17-18-19-22-20(2)21;1-3-4-5-6-7-8-9-10-11-12-13-14-15-18-16(2)17/h6-7,17-18H,3-5,8-16,19H2,1-2H3;14-15H,3-13H2,1-2H3/b7-6+,18-17-;. The summed E-state index contributed by atoms with van der Waals surface area (Å²) in [4.78, 5) is 21.0. The Morgan fingerprint density at radius 2 is 0.825 bits per heavy atom. The van der Waals surface area contributed by atoms with E-state index in [-0.39, 0.29) is 11.9 Å². The quantitative estimate of drug-likeness (QED) is 0.0432. The third-order valence-corrected chi connectivity index (χ3v) is 6.74. The zero-order valence-electron chi connectivity index (χ0n) is 27.1. The minimum atomic E-state index is -0.241. The van der Waals surface area contributed by atoms with Crippen LogP contribution >= 0.6 is 0 Å². The average Bonchev–Trinajstić information content (AvgIpc) is 2.93. The highest BCUT2D eigenvalue weighted by molar-refractivity contribution is 5.66. The molecule has 0 saturated heterocycles. The maximum absolute atomic E-state index is 10.5. The summed E-state index contributed by atoms with van der Waals surface area (Å²) in [6, 6.07) is 0. The van der Waals surface area contributed by atoms with Crippen LogP contribution in [0.2, 0.25) is 0 Å². The lowest BCUT2D eigenvalue weighted by atomic mass is 10.1. The van der Waals surface area contributed by atoms with Crippen molar-refractivity contribution in [3.8, 4) is 0 Å². The van der Waals surface area contributed by atoms with Gasteiger partial charge in [0.15, 0.2) is 0 Å². The number of hydrogen-bond donors (Lipinski definition) is 0. The Hall–Kier alpha value is -1.84. The SMILES string of the molecule is CCCC/C=C/CCCCCCCCC/C=C\COC(C)=O.CCCCCCCCCCCCC=COC(C)=O. The predicted octanol–water partition coefficient (Wildman–Crippen LogP) is 11.7. The zero-order valence-corrected chi connectivity index (χ0v) is 27.1. The molecule has 0 spiro atoms. The van der Waals surface area contributed by atoms with E-state index >= 15 is 0 Å². The van der Waals surface area contributed by atoms with Crippen LogP contribution < -0.4 is 0 Å². The molecule has 0 rings (SSSR count). The molecule has 0 N–H and O–H groups in total. The van der Waals surface area contributed by atoms with Gasteiger partial charge in [-0.2, -0.15) is 0 Å². The molecule has 234 valence electrons. The molecule has 0 radical (unpaired) electrons. The Morgan fingerprint density at radius 3 is 1.25 bits per heavy atom. The van der Waals surface area contributed by atoms with Gasteiger partial charge >= 0.3 is 11.9 Å². The van der Waals surface area contributed by atoms with E-state index in [0.29, 0.717) is 6.61 Å². The Morgan fingerprint density at radius 1 is 0.450 bits per heavy atom. The number of carbonyl (C=O) groups is 2. The minimum Gasteiger partial charge on any atom is -0.462 e. The van der Waals surface area contributed by atoms with Crippen molar-refractivity contribution < 1.29 is 19.1 Å². The smallest absolute Gasteiger partial charge is 0.307 e. The van der Waals surface area contributed by atoms with E-state index in [0.717, 1.165) is 12.8 Å². The molecule has 0 aliphatic carbocycles. The van der Waals surface area contributed by atoms with E-state index in [4.69, 9.17) is 9.47 Å². The van der Waals surface area contributed by atoms with Crippen LogP contribution in [-0.4, -0.2) is 18.5 Å². The molecule has 0 aliphatic heterocycles. The van der Waals surface area contributed by atoms with Gasteiger partial charge in [0, 0.05) is 13.8 Å². The molecule has 4 heteroatoms.